The van der Waals surface area contributed by atoms with E-state index in [2.05, 4.69) is 72.9 Å². The van der Waals surface area contributed by atoms with E-state index in [4.69, 9.17) is 25.8 Å². The Morgan fingerprint density at radius 3 is 2.53 bits per heavy atom. The van der Waals surface area contributed by atoms with Crippen molar-refractivity contribution in [2.24, 2.45) is 11.3 Å². The van der Waals surface area contributed by atoms with E-state index in [0.717, 1.165) is 68.0 Å². The molecule has 3 fully saturated rings. The average molecular weight is 1260 g/mol. The molecule has 1 aliphatic carbocycles. The van der Waals surface area contributed by atoms with Crippen LogP contribution >= 0.6 is 11.6 Å². The number of halogens is 1. The highest BCUT2D eigenvalue weighted by Gasteiger charge is 2.40. The molecule has 4 aromatic carbocycles. The summed E-state index contributed by atoms with van der Waals surface area (Å²) >= 11 is 6.27. The van der Waals surface area contributed by atoms with Gasteiger partial charge in [0.2, 0.25) is 17.7 Å². The fraction of sp³-hybridized carbons (Fsp3) is 0.394. The van der Waals surface area contributed by atoms with Crippen LogP contribution in [0.3, 0.4) is 0 Å². The lowest BCUT2D eigenvalue weighted by Gasteiger charge is -2.39. The molecule has 470 valence electrons. The van der Waals surface area contributed by atoms with Crippen molar-refractivity contribution in [1.82, 2.24) is 34.7 Å². The van der Waals surface area contributed by atoms with Gasteiger partial charge in [-0.05, 0) is 127 Å². The summed E-state index contributed by atoms with van der Waals surface area (Å²) < 4.78 is 47.8. The van der Waals surface area contributed by atoms with Gasteiger partial charge >= 0.3 is 0 Å². The number of sulfonamides is 1. The first-order valence-electron chi connectivity index (χ1n) is 30.3. The predicted molar refractivity (Wildman–Crippen MR) is 338 cm³/mol. The molecule has 2 unspecified atom stereocenters. The van der Waals surface area contributed by atoms with Crippen molar-refractivity contribution in [2.45, 2.75) is 82.7 Å². The standard InChI is InChI=1S/C66H71ClN10O12S/c1-66(2)23-21-47(54(36-66)45-11-13-48(67)14-12-45)40-73-26-28-74(29-27-73)49-15-17-53(59(34-49)89-50-33-46-22-24-68-62(46)70-38-50)63(80)72-90(85,86)51-16-18-56(58(35-51)77(83)84)69-37-43-7-6-25-75(39-43)61(79)42-88-32-31-87-30-4-3-8-44-9-5-10-52-55(44)41-76(65(52)82)57-19-20-60(78)71-64(57)81/h5,9-18,22,24,33-35,38,43,57,69H,4,6-7,19-21,23,25-32,36-37,39-42H2,1-2H3,(H,68,70)(H,72,80)(H,71,78,81). The third-order valence-corrected chi connectivity index (χ3v) is 18.9. The van der Waals surface area contributed by atoms with Gasteiger partial charge in [0.15, 0.2) is 0 Å². The van der Waals surface area contributed by atoms with Crippen molar-refractivity contribution in [1.29, 1.82) is 0 Å². The van der Waals surface area contributed by atoms with Crippen LogP contribution in [0.2, 0.25) is 5.02 Å². The maximum atomic E-state index is 14.2. The smallest absolute Gasteiger partial charge is 0.293 e. The Kier molecular flexibility index (Phi) is 19.3. The molecular formula is C66H71ClN10O12S. The Hall–Kier alpha value is -8.66. The number of nitrogens with one attached hydrogen (secondary N) is 4. The molecule has 6 aromatic rings. The number of H-pyrrole nitrogens is 1. The number of piperidine rings is 2. The van der Waals surface area contributed by atoms with Crippen molar-refractivity contribution in [3.05, 3.63) is 152 Å². The lowest BCUT2D eigenvalue weighted by molar-refractivity contribution is -0.384. The number of hydrogen-bond donors (Lipinski definition) is 4. The molecule has 22 nitrogen and oxygen atoms in total. The molecule has 5 amide bonds. The Labute approximate surface area is 526 Å². The Morgan fingerprint density at radius 2 is 1.73 bits per heavy atom. The summed E-state index contributed by atoms with van der Waals surface area (Å²) in [7, 11) is -4.68. The number of aromatic amines is 1. The molecule has 4 aliphatic heterocycles. The Morgan fingerprint density at radius 1 is 0.922 bits per heavy atom. The largest absolute Gasteiger partial charge is 0.455 e. The van der Waals surface area contributed by atoms with E-state index in [9.17, 15) is 42.5 Å². The zero-order valence-electron chi connectivity index (χ0n) is 50.2. The van der Waals surface area contributed by atoms with Crippen LogP contribution in [0.5, 0.6) is 11.5 Å². The number of allylic oxidation sites excluding steroid dienone is 1. The van der Waals surface area contributed by atoms with E-state index in [0.29, 0.717) is 73.2 Å². The van der Waals surface area contributed by atoms with E-state index in [1.807, 2.05) is 24.3 Å². The quantitative estimate of drug-likeness (QED) is 0.0172. The number of piperazine rings is 1. The summed E-state index contributed by atoms with van der Waals surface area (Å²) in [6, 6.07) is 24.7. The van der Waals surface area contributed by atoms with Crippen molar-refractivity contribution >= 4 is 84.8 Å². The van der Waals surface area contributed by atoms with Gasteiger partial charge in [-0.15, -0.1) is 0 Å². The molecule has 0 saturated carbocycles. The lowest BCUT2D eigenvalue weighted by Crippen LogP contribution is -2.52. The predicted octanol–water partition coefficient (Wildman–Crippen LogP) is 8.71. The third kappa shape index (κ3) is 15.0. The zero-order chi connectivity index (χ0) is 63.1. The summed E-state index contributed by atoms with van der Waals surface area (Å²) in [6.07, 6.45) is 8.63. The minimum absolute atomic E-state index is 0.0689. The van der Waals surface area contributed by atoms with Crippen molar-refractivity contribution in [2.75, 3.05) is 89.0 Å². The fourth-order valence-electron chi connectivity index (χ4n) is 12.4. The number of nitro benzene ring substituents is 1. The normalized spacial score (nSPS) is 18.7. The number of hydrogen-bond acceptors (Lipinski definition) is 16. The monoisotopic (exact) mass is 1260 g/mol. The Bertz CT molecular complexity index is 3970. The highest BCUT2D eigenvalue weighted by atomic mass is 35.5. The molecule has 2 atom stereocenters. The molecule has 0 radical (unpaired) electrons. The van der Waals surface area contributed by atoms with Crippen molar-refractivity contribution in [3.63, 3.8) is 0 Å². The van der Waals surface area contributed by atoms with Gasteiger partial charge in [-0.2, -0.15) is 0 Å². The van der Waals surface area contributed by atoms with Gasteiger partial charge < -0.3 is 39.2 Å². The number of aromatic nitrogens is 2. The Balaban J connectivity index is 0.659. The number of nitro groups is 1. The van der Waals surface area contributed by atoms with Gasteiger partial charge in [-0.1, -0.05) is 61.1 Å². The molecule has 0 bridgehead atoms. The van der Waals surface area contributed by atoms with Crippen LogP contribution in [0.1, 0.15) is 103 Å². The first kappa shape index (κ1) is 62.9. The number of benzene rings is 4. The summed E-state index contributed by atoms with van der Waals surface area (Å²) in [5.41, 5.74) is 7.02. The summed E-state index contributed by atoms with van der Waals surface area (Å²) in [5, 5.41) is 19.4. The van der Waals surface area contributed by atoms with Crippen LogP contribution in [0.25, 0.3) is 16.6 Å². The summed E-state index contributed by atoms with van der Waals surface area (Å²) in [5.74, 6) is 4.20. The maximum absolute atomic E-state index is 14.2. The van der Waals surface area contributed by atoms with Gasteiger partial charge in [-0.3, -0.25) is 44.3 Å². The number of ether oxygens (including phenoxy) is 3. The topological polar surface area (TPSA) is 268 Å². The van der Waals surface area contributed by atoms with Gasteiger partial charge in [0.05, 0.1) is 41.4 Å². The molecule has 11 rings (SSSR count). The number of amides is 5. The number of carbonyl (C=O) groups is 5. The minimum Gasteiger partial charge on any atom is -0.455 e. The number of likely N-dealkylation sites (tertiary alicyclic amines) is 1. The number of imide groups is 1. The van der Waals surface area contributed by atoms with E-state index < -0.39 is 43.4 Å². The van der Waals surface area contributed by atoms with E-state index in [1.54, 1.807) is 41.4 Å². The SMILES string of the molecule is CC1(C)CCC(CN2CCN(c3ccc(C(=O)NS(=O)(=O)c4ccc(NCC5CCCN(C(=O)COCCOCCC#Cc6cccc7c6CN(C6CCC(=O)NC6=O)C7=O)C5)c([N+](=O)[O-])c4)c(Oc4cnc5[nH]ccc5c4)c3)CC2)=C(c2ccc(Cl)cc2)C1. The van der Waals surface area contributed by atoms with E-state index in [-0.39, 0.29) is 91.8 Å². The van der Waals surface area contributed by atoms with Crippen LogP contribution in [0.15, 0.2) is 114 Å². The van der Waals surface area contributed by atoms with Gasteiger partial charge in [0.25, 0.3) is 27.5 Å². The van der Waals surface area contributed by atoms with Gasteiger partial charge in [-0.25, -0.2) is 18.1 Å². The summed E-state index contributed by atoms with van der Waals surface area (Å²) in [6.45, 7) is 10.3. The molecule has 4 N–H and O–H groups in total. The molecule has 3 saturated heterocycles. The molecular weight excluding hydrogens is 1190 g/mol. The van der Waals surface area contributed by atoms with Crippen LogP contribution in [0.4, 0.5) is 17.1 Å². The third-order valence-electron chi connectivity index (χ3n) is 17.3. The molecule has 0 spiro atoms. The first-order chi connectivity index (χ1) is 43.3. The molecule has 5 aliphatic rings. The molecule has 90 heavy (non-hydrogen) atoms. The number of rotatable bonds is 21. The van der Waals surface area contributed by atoms with Crippen molar-refractivity contribution in [3.8, 4) is 23.3 Å². The average Bonchev–Trinajstić information content (AvgIpc) is 1.57. The first-order valence-corrected chi connectivity index (χ1v) is 32.2. The van der Waals surface area contributed by atoms with E-state index in [1.165, 1.54) is 46.0 Å². The number of nitrogens with zero attached hydrogens (tertiary/aromatic N) is 6. The highest BCUT2D eigenvalue weighted by molar-refractivity contribution is 7.90. The molecule has 6 heterocycles. The van der Waals surface area contributed by atoms with Crippen LogP contribution in [-0.2, 0) is 40.4 Å². The second kappa shape index (κ2) is 27.6. The lowest BCUT2D eigenvalue weighted by atomic mass is 9.72. The van der Waals surface area contributed by atoms with Crippen LogP contribution in [-0.4, -0.2) is 152 Å². The highest BCUT2D eigenvalue weighted by Crippen LogP contribution is 2.44. The second-order valence-corrected chi connectivity index (χ2v) is 26.2. The number of anilines is 2. The van der Waals surface area contributed by atoms with Gasteiger partial charge in [0.1, 0.15) is 35.5 Å². The minimum atomic E-state index is -4.68. The maximum Gasteiger partial charge on any atom is 0.293 e. The van der Waals surface area contributed by atoms with Crippen LogP contribution in [0, 0.1) is 33.3 Å². The van der Waals surface area contributed by atoms with Gasteiger partial charge in [0, 0.05) is 117 Å². The molecule has 2 aromatic heterocycles. The summed E-state index contributed by atoms with van der Waals surface area (Å²) in [4.78, 5) is 91.3. The number of carbonyl (C=O) groups excluding carboxylic acids is 5. The molecule has 24 heteroatoms. The van der Waals surface area contributed by atoms with E-state index >= 15 is 0 Å². The van der Waals surface area contributed by atoms with Crippen LogP contribution < -0.4 is 25.0 Å². The van der Waals surface area contributed by atoms with Crippen molar-refractivity contribution < 1.29 is 51.5 Å². The fourth-order valence-corrected chi connectivity index (χ4v) is 13.5. The number of pyridine rings is 1. The number of fused-ring (bicyclic) bond motifs is 2. The second-order valence-electron chi connectivity index (χ2n) is 24.1. The zero-order valence-corrected chi connectivity index (χ0v) is 51.8.